The van der Waals surface area contributed by atoms with Gasteiger partial charge in [-0.05, 0) is 97.6 Å². The van der Waals surface area contributed by atoms with Crippen LogP contribution in [0, 0.1) is 17.3 Å². The number of ether oxygens (including phenoxy) is 1. The van der Waals surface area contributed by atoms with Crippen LogP contribution >= 0.6 is 11.3 Å². The molecule has 3 aromatic rings. The van der Waals surface area contributed by atoms with E-state index >= 15 is 0 Å². The molecule has 2 fully saturated rings. The molecule has 1 atom stereocenters. The Hall–Kier alpha value is -3.19. The van der Waals surface area contributed by atoms with Crippen molar-refractivity contribution in [2.45, 2.75) is 104 Å². The van der Waals surface area contributed by atoms with Crippen LogP contribution in [0.4, 0.5) is 0 Å². The van der Waals surface area contributed by atoms with E-state index in [1.807, 2.05) is 31.2 Å². The highest BCUT2D eigenvalue weighted by molar-refractivity contribution is 7.13. The van der Waals surface area contributed by atoms with Gasteiger partial charge in [0.25, 0.3) is 5.91 Å². The van der Waals surface area contributed by atoms with Crippen molar-refractivity contribution in [2.24, 2.45) is 17.3 Å². The number of aliphatic carboxylic acids is 1. The molecule has 1 aromatic carbocycles. The monoisotopic (exact) mass is 602 g/mol. The Balaban J connectivity index is 1.36. The average molecular weight is 603 g/mol. The van der Waals surface area contributed by atoms with Crippen LogP contribution in [0.5, 0.6) is 5.75 Å². The van der Waals surface area contributed by atoms with Crippen molar-refractivity contribution in [2.75, 3.05) is 0 Å². The number of carbonyl (C=O) groups excluding carboxylic acids is 1. The highest BCUT2D eigenvalue weighted by Crippen LogP contribution is 2.39. The molecule has 2 aliphatic rings. The Labute approximate surface area is 260 Å². The molecule has 0 unspecified atom stereocenters. The number of pyridine rings is 1. The standard InChI is InChI=1S/C36H46N2O4S/c1-22(2)33-17-16-28(43-33)21-32(35(40)41)38-34(39)31-19-24-10-13-27(42-26-14-11-25(12-15-26)36(3,4)5)20-29(24)30(37-31)18-23-8-6-7-9-23/h10,13,16-17,19-20,23,25-26,32H,1,6-9,11-12,14-15,18,21H2,2-5H3,(H,38,39)(H,40,41)/t25?,26?,32-/m0/s1. The maximum Gasteiger partial charge on any atom is 0.326 e. The Morgan fingerprint density at radius 3 is 2.42 bits per heavy atom. The van der Waals surface area contributed by atoms with Crippen molar-refractivity contribution in [1.82, 2.24) is 10.3 Å². The molecule has 2 N–H and O–H groups in total. The van der Waals surface area contributed by atoms with Gasteiger partial charge in [-0.15, -0.1) is 11.3 Å². The molecule has 2 aliphatic carbocycles. The quantitative estimate of drug-likeness (QED) is 0.243. The number of nitrogens with zero attached hydrogens (tertiary/aromatic N) is 1. The van der Waals surface area contributed by atoms with Crippen molar-refractivity contribution in [3.63, 3.8) is 0 Å². The highest BCUT2D eigenvalue weighted by atomic mass is 32.1. The minimum absolute atomic E-state index is 0.208. The number of hydrogen-bond donors (Lipinski definition) is 2. The van der Waals surface area contributed by atoms with Gasteiger partial charge in [-0.2, -0.15) is 0 Å². The number of hydrogen-bond acceptors (Lipinski definition) is 5. The number of amides is 1. The molecule has 7 heteroatoms. The first-order chi connectivity index (χ1) is 20.5. The number of allylic oxidation sites excluding steroid dienone is 1. The SMILES string of the molecule is C=C(C)c1ccc(C[C@H](NC(=O)c2cc3ccc(OC4CCC(C(C)(C)C)CC4)cc3c(CC3CCCC3)n2)C(=O)O)s1. The number of fused-ring (bicyclic) bond motifs is 1. The number of thiophene rings is 1. The van der Waals surface area contributed by atoms with Crippen molar-refractivity contribution in [3.8, 4) is 5.75 Å². The van der Waals surface area contributed by atoms with Gasteiger partial charge in [-0.1, -0.05) is 59.1 Å². The van der Waals surface area contributed by atoms with Gasteiger partial charge in [0, 0.05) is 27.3 Å². The lowest BCUT2D eigenvalue weighted by atomic mass is 9.72. The van der Waals surface area contributed by atoms with E-state index in [4.69, 9.17) is 9.72 Å². The van der Waals surface area contributed by atoms with Crippen LogP contribution in [-0.4, -0.2) is 34.1 Å². The topological polar surface area (TPSA) is 88.5 Å². The van der Waals surface area contributed by atoms with Gasteiger partial charge in [0.15, 0.2) is 0 Å². The van der Waals surface area contributed by atoms with Gasteiger partial charge in [0.1, 0.15) is 17.5 Å². The van der Waals surface area contributed by atoms with E-state index in [0.29, 0.717) is 11.3 Å². The fourth-order valence-corrected chi connectivity index (χ4v) is 7.70. The maximum atomic E-state index is 13.5. The molecule has 5 rings (SSSR count). The van der Waals surface area contributed by atoms with Crippen LogP contribution in [0.15, 0.2) is 43.0 Å². The first-order valence-electron chi connectivity index (χ1n) is 15.8. The molecule has 1 amide bonds. The number of carboxylic acids is 1. The lowest BCUT2D eigenvalue weighted by molar-refractivity contribution is -0.139. The van der Waals surface area contributed by atoms with Gasteiger partial charge in [-0.25, -0.2) is 9.78 Å². The third-order valence-electron chi connectivity index (χ3n) is 9.37. The molecule has 0 saturated heterocycles. The molecule has 2 heterocycles. The largest absolute Gasteiger partial charge is 0.490 e. The van der Waals surface area contributed by atoms with Crippen molar-refractivity contribution in [1.29, 1.82) is 0 Å². The van der Waals surface area contributed by atoms with E-state index in [1.165, 1.54) is 49.9 Å². The first-order valence-corrected chi connectivity index (χ1v) is 16.7. The number of rotatable bonds is 10. The van der Waals surface area contributed by atoms with Crippen LogP contribution in [0.2, 0.25) is 0 Å². The number of carboxylic acid groups (broad SMARTS) is 1. The van der Waals surface area contributed by atoms with E-state index in [1.54, 1.807) is 6.07 Å². The van der Waals surface area contributed by atoms with Gasteiger partial charge in [0.05, 0.1) is 6.10 Å². The summed E-state index contributed by atoms with van der Waals surface area (Å²) in [6.45, 7) is 12.9. The van der Waals surface area contributed by atoms with Crippen molar-refractivity contribution in [3.05, 3.63) is 64.1 Å². The molecule has 0 radical (unpaired) electrons. The second kappa shape index (κ2) is 13.2. The maximum absolute atomic E-state index is 13.5. The average Bonchev–Trinajstić information content (AvgIpc) is 3.65. The minimum Gasteiger partial charge on any atom is -0.490 e. The summed E-state index contributed by atoms with van der Waals surface area (Å²) in [5, 5.41) is 14.6. The van der Waals surface area contributed by atoms with Gasteiger partial charge >= 0.3 is 5.97 Å². The van der Waals surface area contributed by atoms with Crippen LogP contribution in [0.1, 0.15) is 105 Å². The number of carbonyl (C=O) groups is 2. The molecular formula is C36H46N2O4S. The fourth-order valence-electron chi connectivity index (χ4n) is 6.72. The summed E-state index contributed by atoms with van der Waals surface area (Å²) < 4.78 is 6.50. The molecule has 6 nitrogen and oxygen atoms in total. The minimum atomic E-state index is -1.07. The Bertz CT molecular complexity index is 1470. The van der Waals surface area contributed by atoms with Crippen LogP contribution in [0.3, 0.4) is 0 Å². The van der Waals surface area contributed by atoms with E-state index in [2.05, 4.69) is 38.7 Å². The highest BCUT2D eigenvalue weighted by Gasteiger charge is 2.31. The Kier molecular flexibility index (Phi) is 9.60. The zero-order chi connectivity index (χ0) is 30.7. The Morgan fingerprint density at radius 2 is 1.79 bits per heavy atom. The summed E-state index contributed by atoms with van der Waals surface area (Å²) in [6, 6.07) is 10.7. The molecule has 43 heavy (non-hydrogen) atoms. The number of aromatic nitrogens is 1. The third kappa shape index (κ3) is 7.86. The third-order valence-corrected chi connectivity index (χ3v) is 10.6. The van der Waals surface area contributed by atoms with E-state index in [9.17, 15) is 14.7 Å². The lowest BCUT2D eigenvalue weighted by Gasteiger charge is -2.37. The molecule has 0 bridgehead atoms. The zero-order valence-corrected chi connectivity index (χ0v) is 26.9. The summed E-state index contributed by atoms with van der Waals surface area (Å²) in [7, 11) is 0. The predicted octanol–water partition coefficient (Wildman–Crippen LogP) is 8.47. The molecule has 0 aliphatic heterocycles. The van der Waals surface area contributed by atoms with E-state index < -0.39 is 17.9 Å². The second-order valence-corrected chi connectivity index (χ2v) is 14.9. The Morgan fingerprint density at radius 1 is 1.07 bits per heavy atom. The van der Waals surface area contributed by atoms with Gasteiger partial charge in [0.2, 0.25) is 0 Å². The summed E-state index contributed by atoms with van der Waals surface area (Å²) >= 11 is 1.50. The summed E-state index contributed by atoms with van der Waals surface area (Å²) in [5.41, 5.74) is 2.42. The summed E-state index contributed by atoms with van der Waals surface area (Å²) in [5.74, 6) is 0.600. The van der Waals surface area contributed by atoms with E-state index in [-0.39, 0.29) is 18.2 Å². The zero-order valence-electron chi connectivity index (χ0n) is 26.1. The van der Waals surface area contributed by atoms with Crippen molar-refractivity contribution >= 4 is 39.6 Å². The lowest BCUT2D eigenvalue weighted by Crippen LogP contribution is -2.42. The second-order valence-electron chi connectivity index (χ2n) is 13.8. The number of nitrogens with one attached hydrogen (secondary N) is 1. The van der Waals surface area contributed by atoms with Crippen LogP contribution in [-0.2, 0) is 17.6 Å². The van der Waals surface area contributed by atoms with Gasteiger partial charge < -0.3 is 15.2 Å². The summed E-state index contributed by atoms with van der Waals surface area (Å²) in [6.07, 6.45) is 10.5. The predicted molar refractivity (Wildman–Crippen MR) is 175 cm³/mol. The molecule has 230 valence electrons. The normalized spacial score (nSPS) is 20.2. The first kappa shape index (κ1) is 31.2. The molecule has 2 saturated carbocycles. The molecular weight excluding hydrogens is 556 g/mol. The van der Waals surface area contributed by atoms with Gasteiger partial charge in [-0.3, -0.25) is 4.79 Å². The smallest absolute Gasteiger partial charge is 0.326 e. The molecule has 0 spiro atoms. The number of benzene rings is 1. The summed E-state index contributed by atoms with van der Waals surface area (Å²) in [4.78, 5) is 32.3. The van der Waals surface area contributed by atoms with Crippen molar-refractivity contribution < 1.29 is 19.4 Å². The van der Waals surface area contributed by atoms with Crippen LogP contribution < -0.4 is 10.1 Å². The fraction of sp³-hybridized carbons (Fsp3) is 0.528. The molecule has 2 aromatic heterocycles. The van der Waals surface area contributed by atoms with Crippen LogP contribution in [0.25, 0.3) is 16.3 Å². The van der Waals surface area contributed by atoms with E-state index in [0.717, 1.165) is 62.7 Å².